The van der Waals surface area contributed by atoms with Gasteiger partial charge in [-0.15, -0.1) is 0 Å². The van der Waals surface area contributed by atoms with Gasteiger partial charge in [0.15, 0.2) is 0 Å². The number of likely N-dealkylation sites (tertiary alicyclic amines) is 2. The first kappa shape index (κ1) is 25.6. The van der Waals surface area contributed by atoms with Crippen LogP contribution in [-0.2, 0) is 24.0 Å². The van der Waals surface area contributed by atoms with Crippen LogP contribution in [0.1, 0.15) is 58.8 Å². The van der Waals surface area contributed by atoms with Crippen molar-refractivity contribution in [3.63, 3.8) is 0 Å². The molecule has 0 spiro atoms. The molecular weight excluding hydrogens is 420 g/mol. The highest BCUT2D eigenvalue weighted by Crippen LogP contribution is 2.26. The second-order valence-electron chi connectivity index (χ2n) is 8.95. The number of hydrogen-bond acceptors (Lipinski definition) is 6. The molecule has 4 atom stereocenters. The molecule has 2 fully saturated rings. The Bertz CT molecular complexity index is 742. The third-order valence-corrected chi connectivity index (χ3v) is 5.96. The Hall–Kier alpha value is -2.69. The van der Waals surface area contributed by atoms with Crippen LogP contribution < -0.4 is 11.1 Å². The molecule has 2 saturated heterocycles. The van der Waals surface area contributed by atoms with Gasteiger partial charge >= 0.3 is 11.9 Å². The number of amides is 3. The Morgan fingerprint density at radius 2 is 1.59 bits per heavy atom. The summed E-state index contributed by atoms with van der Waals surface area (Å²) in [6.07, 6.45) is 1.95. The lowest BCUT2D eigenvalue weighted by Crippen LogP contribution is -2.56. The molecule has 0 radical (unpaired) electrons. The lowest BCUT2D eigenvalue weighted by Gasteiger charge is -2.32. The molecule has 5 N–H and O–H groups in total. The summed E-state index contributed by atoms with van der Waals surface area (Å²) < 4.78 is 0. The van der Waals surface area contributed by atoms with Gasteiger partial charge < -0.3 is 31.1 Å². The zero-order valence-electron chi connectivity index (χ0n) is 18.7. The van der Waals surface area contributed by atoms with Crippen LogP contribution in [0.25, 0.3) is 0 Å². The first-order valence-electron chi connectivity index (χ1n) is 11.1. The second kappa shape index (κ2) is 11.3. The van der Waals surface area contributed by atoms with E-state index in [9.17, 15) is 29.1 Å². The summed E-state index contributed by atoms with van der Waals surface area (Å²) in [5, 5.41) is 20.4. The Balaban J connectivity index is 2.07. The molecule has 0 bridgehead atoms. The van der Waals surface area contributed by atoms with Gasteiger partial charge in [0.2, 0.25) is 17.7 Å². The standard InChI is InChI=1S/C21H34N4O7/c1-12(2)11-13(22)19(29)25-10-4-6-16(25)20(30)24-9-3-5-15(24)18(28)23-14(21(31)32)7-8-17(26)27/h12-16H,3-11,22H2,1-2H3,(H,23,28)(H,26,27)(H,31,32). The van der Waals surface area contributed by atoms with E-state index in [1.54, 1.807) is 0 Å². The molecule has 11 heteroatoms. The number of nitrogens with one attached hydrogen (secondary N) is 1. The number of nitrogens with zero attached hydrogens (tertiary/aromatic N) is 2. The minimum atomic E-state index is -1.35. The molecule has 32 heavy (non-hydrogen) atoms. The summed E-state index contributed by atoms with van der Waals surface area (Å²) in [6.45, 7) is 4.70. The van der Waals surface area contributed by atoms with E-state index in [1.165, 1.54) is 9.80 Å². The summed E-state index contributed by atoms with van der Waals surface area (Å²) in [5.41, 5.74) is 6.04. The van der Waals surface area contributed by atoms with Crippen LogP contribution >= 0.6 is 0 Å². The van der Waals surface area contributed by atoms with E-state index in [0.29, 0.717) is 45.2 Å². The van der Waals surface area contributed by atoms with E-state index < -0.39 is 48.4 Å². The molecule has 4 unspecified atom stereocenters. The Kier molecular flexibility index (Phi) is 8.99. The highest BCUT2D eigenvalue weighted by atomic mass is 16.4. The summed E-state index contributed by atoms with van der Waals surface area (Å²) in [5.74, 6) is -3.48. The second-order valence-corrected chi connectivity index (χ2v) is 8.95. The van der Waals surface area contributed by atoms with Gasteiger partial charge in [-0.2, -0.15) is 0 Å². The van der Waals surface area contributed by atoms with Crippen LogP contribution in [0.2, 0.25) is 0 Å². The van der Waals surface area contributed by atoms with E-state index in [2.05, 4.69) is 5.32 Å². The van der Waals surface area contributed by atoms with Crippen LogP contribution in [0.4, 0.5) is 0 Å². The van der Waals surface area contributed by atoms with E-state index >= 15 is 0 Å². The van der Waals surface area contributed by atoms with E-state index in [1.807, 2.05) is 13.8 Å². The average molecular weight is 455 g/mol. The first-order chi connectivity index (χ1) is 15.0. The molecule has 0 aliphatic carbocycles. The number of hydrogen-bond donors (Lipinski definition) is 4. The number of carboxylic acid groups (broad SMARTS) is 2. The highest BCUT2D eigenvalue weighted by Gasteiger charge is 2.43. The predicted molar refractivity (Wildman–Crippen MR) is 113 cm³/mol. The Morgan fingerprint density at radius 1 is 1.00 bits per heavy atom. The molecule has 0 aromatic carbocycles. The van der Waals surface area contributed by atoms with Gasteiger partial charge in [-0.05, 0) is 44.4 Å². The third kappa shape index (κ3) is 6.41. The zero-order chi connectivity index (χ0) is 24.0. The summed E-state index contributed by atoms with van der Waals surface area (Å²) >= 11 is 0. The molecule has 0 aromatic rings. The third-order valence-electron chi connectivity index (χ3n) is 5.96. The number of carbonyl (C=O) groups is 5. The molecule has 2 aliphatic heterocycles. The van der Waals surface area contributed by atoms with Crippen molar-refractivity contribution in [2.75, 3.05) is 13.1 Å². The zero-order valence-corrected chi connectivity index (χ0v) is 18.7. The first-order valence-corrected chi connectivity index (χ1v) is 11.1. The fourth-order valence-electron chi connectivity index (χ4n) is 4.40. The smallest absolute Gasteiger partial charge is 0.326 e. The van der Waals surface area contributed by atoms with Crippen LogP contribution in [0, 0.1) is 5.92 Å². The number of carboxylic acids is 2. The van der Waals surface area contributed by atoms with Gasteiger partial charge in [0.05, 0.1) is 6.04 Å². The van der Waals surface area contributed by atoms with Gasteiger partial charge in [-0.25, -0.2) is 4.79 Å². The van der Waals surface area contributed by atoms with Crippen molar-refractivity contribution in [1.29, 1.82) is 0 Å². The minimum absolute atomic E-state index is 0.237. The maximum Gasteiger partial charge on any atom is 0.326 e. The largest absolute Gasteiger partial charge is 0.481 e. The monoisotopic (exact) mass is 454 g/mol. The van der Waals surface area contributed by atoms with E-state index in [0.717, 1.165) is 0 Å². The number of rotatable bonds is 10. The highest BCUT2D eigenvalue weighted by molar-refractivity contribution is 5.94. The molecule has 3 amide bonds. The van der Waals surface area contributed by atoms with Crippen molar-refractivity contribution >= 4 is 29.7 Å². The van der Waals surface area contributed by atoms with Crippen molar-refractivity contribution in [1.82, 2.24) is 15.1 Å². The predicted octanol–water partition coefficient (Wildman–Crippen LogP) is -0.224. The molecule has 180 valence electrons. The molecular formula is C21H34N4O7. The molecule has 2 aliphatic rings. The molecule has 0 aromatic heterocycles. The lowest BCUT2D eigenvalue weighted by molar-refractivity contribution is -0.148. The van der Waals surface area contributed by atoms with Gasteiger partial charge in [0.25, 0.3) is 0 Å². The van der Waals surface area contributed by atoms with Gasteiger partial charge in [0, 0.05) is 19.5 Å². The summed E-state index contributed by atoms with van der Waals surface area (Å²) in [4.78, 5) is 63.9. The van der Waals surface area contributed by atoms with Crippen LogP contribution in [0.15, 0.2) is 0 Å². The van der Waals surface area contributed by atoms with E-state index in [-0.39, 0.29) is 24.2 Å². The SMILES string of the molecule is CC(C)CC(N)C(=O)N1CCCC1C(=O)N1CCCC1C(=O)NC(CCC(=O)O)C(=O)O. The number of aliphatic carboxylic acids is 2. The lowest BCUT2D eigenvalue weighted by atomic mass is 10.0. The van der Waals surface area contributed by atoms with Gasteiger partial charge in [0.1, 0.15) is 18.1 Å². The van der Waals surface area contributed by atoms with Crippen LogP contribution in [0.3, 0.4) is 0 Å². The fourth-order valence-corrected chi connectivity index (χ4v) is 4.40. The van der Waals surface area contributed by atoms with Crippen LogP contribution in [-0.4, -0.2) is 86.9 Å². The number of carbonyl (C=O) groups excluding carboxylic acids is 3. The van der Waals surface area contributed by atoms with E-state index in [4.69, 9.17) is 10.8 Å². The quantitative estimate of drug-likeness (QED) is 0.351. The Morgan fingerprint density at radius 3 is 2.16 bits per heavy atom. The molecule has 2 rings (SSSR count). The van der Waals surface area contributed by atoms with Crippen LogP contribution in [0.5, 0.6) is 0 Å². The molecule has 11 nitrogen and oxygen atoms in total. The maximum atomic E-state index is 13.3. The minimum Gasteiger partial charge on any atom is -0.481 e. The van der Waals surface area contributed by atoms with Crippen molar-refractivity contribution in [2.24, 2.45) is 11.7 Å². The Labute approximate surface area is 187 Å². The summed E-state index contributed by atoms with van der Waals surface area (Å²) in [6, 6.07) is -3.58. The summed E-state index contributed by atoms with van der Waals surface area (Å²) in [7, 11) is 0. The van der Waals surface area contributed by atoms with Crippen molar-refractivity contribution in [3.05, 3.63) is 0 Å². The van der Waals surface area contributed by atoms with Crippen molar-refractivity contribution in [3.8, 4) is 0 Å². The average Bonchev–Trinajstić information content (AvgIpc) is 3.38. The van der Waals surface area contributed by atoms with Gasteiger partial charge in [-0.1, -0.05) is 13.8 Å². The molecule has 0 saturated carbocycles. The topological polar surface area (TPSA) is 170 Å². The maximum absolute atomic E-state index is 13.3. The normalized spacial score (nSPS) is 22.6. The number of nitrogens with two attached hydrogens (primary N) is 1. The van der Waals surface area contributed by atoms with Gasteiger partial charge in [-0.3, -0.25) is 19.2 Å². The fraction of sp³-hybridized carbons (Fsp3) is 0.762. The molecule has 2 heterocycles. The van der Waals surface area contributed by atoms with Crippen molar-refractivity contribution < 1.29 is 34.2 Å². The van der Waals surface area contributed by atoms with Crippen molar-refractivity contribution in [2.45, 2.75) is 83.0 Å².